The molecule has 8 nitrogen and oxygen atoms in total. The minimum absolute atomic E-state index is 0.00420. The van der Waals surface area contributed by atoms with Crippen LogP contribution in [0.1, 0.15) is 271 Å². The Kier molecular flexibility index (Phi) is 42.5. The molecule has 0 aromatic carbocycles. The fourth-order valence-corrected chi connectivity index (χ4v) is 8.66. The zero-order chi connectivity index (χ0) is 44.8. The van der Waals surface area contributed by atoms with Gasteiger partial charge in [-0.25, -0.2) is 4.79 Å². The summed E-state index contributed by atoms with van der Waals surface area (Å²) in [6.07, 6.45) is 48.1. The number of nitrogens with one attached hydrogen (secondary N) is 1. The van der Waals surface area contributed by atoms with Crippen LogP contribution >= 0.6 is 0 Å². The molecule has 1 rings (SSSR count). The van der Waals surface area contributed by atoms with Crippen molar-refractivity contribution in [2.75, 3.05) is 32.8 Å². The highest BCUT2D eigenvalue weighted by atomic mass is 16.6. The molecule has 0 saturated heterocycles. The summed E-state index contributed by atoms with van der Waals surface area (Å²) in [5.41, 5.74) is 0. The van der Waals surface area contributed by atoms with Gasteiger partial charge in [0.2, 0.25) is 0 Å². The first-order valence-electron chi connectivity index (χ1n) is 27.1. The van der Waals surface area contributed by atoms with Gasteiger partial charge in [-0.2, -0.15) is 0 Å². The number of nitrogens with zero attached hydrogens (tertiary/aromatic N) is 1. The molecule has 1 amide bonds. The summed E-state index contributed by atoms with van der Waals surface area (Å²) in [5, 5.41) is 3.00. The molecule has 364 valence electrons. The van der Waals surface area contributed by atoms with Gasteiger partial charge in [-0.05, 0) is 116 Å². The molecule has 0 radical (unpaired) electrons. The second-order valence-corrected chi connectivity index (χ2v) is 18.7. The van der Waals surface area contributed by atoms with E-state index in [1.54, 1.807) is 0 Å². The number of carbonyl (C=O) groups excluding carboxylic acids is 3. The van der Waals surface area contributed by atoms with Crippen LogP contribution in [0.25, 0.3) is 0 Å². The van der Waals surface area contributed by atoms with E-state index in [9.17, 15) is 14.4 Å². The molecular weight excluding hydrogens is 773 g/mol. The highest BCUT2D eigenvalue weighted by Crippen LogP contribution is 2.19. The summed E-state index contributed by atoms with van der Waals surface area (Å²) in [6.45, 7) is 10.9. The van der Waals surface area contributed by atoms with E-state index in [4.69, 9.17) is 14.2 Å². The van der Waals surface area contributed by atoms with E-state index in [2.05, 4.69) is 43.1 Å². The number of ether oxygens (including phenoxy) is 3. The highest BCUT2D eigenvalue weighted by Gasteiger charge is 2.16. The molecule has 0 fully saturated rings. The fourth-order valence-electron chi connectivity index (χ4n) is 8.66. The second-order valence-electron chi connectivity index (χ2n) is 18.7. The number of amides is 1. The zero-order valence-electron chi connectivity index (χ0n) is 41.3. The molecule has 0 aliphatic heterocycles. The number of alkyl carbamates (subject to hydrolysis) is 1. The van der Waals surface area contributed by atoms with Gasteiger partial charge in [0.1, 0.15) is 12.2 Å². The number of rotatable bonds is 44. The predicted octanol–water partition coefficient (Wildman–Crippen LogP) is 15.7. The molecule has 0 saturated carbocycles. The van der Waals surface area contributed by atoms with Gasteiger partial charge in [-0.15, -0.1) is 0 Å². The van der Waals surface area contributed by atoms with Crippen molar-refractivity contribution >= 4 is 18.0 Å². The lowest BCUT2D eigenvalue weighted by Crippen LogP contribution is -2.33. The maximum absolute atomic E-state index is 12.9. The second kappa shape index (κ2) is 45.5. The Morgan fingerprint density at radius 2 is 1.00 bits per heavy atom. The number of esters is 2. The highest BCUT2D eigenvalue weighted by molar-refractivity contribution is 5.69. The Bertz CT molecular complexity index is 1020. The van der Waals surface area contributed by atoms with E-state index in [0.29, 0.717) is 26.0 Å². The first kappa shape index (κ1) is 57.9. The largest absolute Gasteiger partial charge is 0.466 e. The third-order valence-electron chi connectivity index (χ3n) is 12.7. The number of carbonyl (C=O) groups is 3. The summed E-state index contributed by atoms with van der Waals surface area (Å²) in [4.78, 5) is 40.3. The van der Waals surface area contributed by atoms with Crippen LogP contribution < -0.4 is 5.32 Å². The number of unbranched alkanes of at least 4 members (excludes halogenated alkanes) is 24. The van der Waals surface area contributed by atoms with Gasteiger partial charge in [-0.1, -0.05) is 174 Å². The standard InChI is InChI=1S/C54H102N2O6/c1-4-7-10-13-16-17-18-27-37-49-60-52(57)43-34-28-36-47-56(48-38-45-55-54(59)62-51-41-31-23-19-24-32-42-51)46-35-26-20-25-33-44-53(58)61-50(39-29-21-14-11-8-5-2)40-30-22-15-12-9-6-3/h19,23,50-51H,4-18,20-22,24-49H2,1-3H3,(H,55,59)/b23-19+. The quantitative estimate of drug-likeness (QED) is 0.0282. The third kappa shape index (κ3) is 39.5. The summed E-state index contributed by atoms with van der Waals surface area (Å²) in [7, 11) is 0. The van der Waals surface area contributed by atoms with Crippen LogP contribution in [0.3, 0.4) is 0 Å². The minimum Gasteiger partial charge on any atom is -0.466 e. The summed E-state index contributed by atoms with van der Waals surface area (Å²) in [5.74, 6) is -0.0470. The van der Waals surface area contributed by atoms with Crippen LogP contribution in [0.4, 0.5) is 4.79 Å². The average molecular weight is 875 g/mol. The minimum atomic E-state index is -0.286. The molecule has 1 N–H and O–H groups in total. The lowest BCUT2D eigenvalue weighted by atomic mass is 10.0. The molecule has 0 aromatic heterocycles. The van der Waals surface area contributed by atoms with Crippen molar-refractivity contribution in [3.05, 3.63) is 12.2 Å². The molecule has 1 aliphatic carbocycles. The Morgan fingerprint density at radius 3 is 1.60 bits per heavy atom. The Balaban J connectivity index is 2.39. The van der Waals surface area contributed by atoms with E-state index in [-0.39, 0.29) is 30.2 Å². The lowest BCUT2D eigenvalue weighted by Gasteiger charge is -2.23. The van der Waals surface area contributed by atoms with Crippen molar-refractivity contribution in [2.24, 2.45) is 0 Å². The first-order chi connectivity index (χ1) is 30.5. The Labute approximate surface area is 384 Å². The summed E-state index contributed by atoms with van der Waals surface area (Å²) < 4.78 is 17.4. The van der Waals surface area contributed by atoms with E-state index in [1.807, 2.05) is 0 Å². The number of hydrogen-bond donors (Lipinski definition) is 1. The molecule has 0 spiro atoms. The van der Waals surface area contributed by atoms with Crippen LogP contribution in [0.2, 0.25) is 0 Å². The smallest absolute Gasteiger partial charge is 0.407 e. The maximum Gasteiger partial charge on any atom is 0.407 e. The van der Waals surface area contributed by atoms with Gasteiger partial charge < -0.3 is 24.4 Å². The fraction of sp³-hybridized carbons (Fsp3) is 0.907. The van der Waals surface area contributed by atoms with Gasteiger partial charge >= 0.3 is 18.0 Å². The van der Waals surface area contributed by atoms with E-state index in [1.165, 1.54) is 122 Å². The first-order valence-corrected chi connectivity index (χ1v) is 27.1. The van der Waals surface area contributed by atoms with Gasteiger partial charge in [0.15, 0.2) is 0 Å². The van der Waals surface area contributed by atoms with Crippen LogP contribution in [-0.2, 0) is 23.8 Å². The SMILES string of the molecule is CCCCCCCCCCCOC(=O)CCCCCN(CCCCCCCC(=O)OC(CCCCCCCC)CCCCCCCC)CCCNC(=O)OC1CC/C=C/CCC1. The zero-order valence-corrected chi connectivity index (χ0v) is 41.3. The number of hydrogen-bond acceptors (Lipinski definition) is 7. The van der Waals surface area contributed by atoms with E-state index < -0.39 is 0 Å². The van der Waals surface area contributed by atoms with Crippen molar-refractivity contribution in [1.29, 1.82) is 0 Å². The molecule has 8 heteroatoms. The Morgan fingerprint density at radius 1 is 0.532 bits per heavy atom. The van der Waals surface area contributed by atoms with Gasteiger partial charge in [-0.3, -0.25) is 9.59 Å². The van der Waals surface area contributed by atoms with Crippen LogP contribution in [0.5, 0.6) is 0 Å². The molecule has 1 unspecified atom stereocenters. The summed E-state index contributed by atoms with van der Waals surface area (Å²) in [6, 6.07) is 0. The van der Waals surface area contributed by atoms with Crippen LogP contribution in [0, 0.1) is 0 Å². The molecule has 0 aromatic rings. The van der Waals surface area contributed by atoms with Crippen LogP contribution in [-0.4, -0.2) is 67.9 Å². The molecule has 0 heterocycles. The lowest BCUT2D eigenvalue weighted by molar-refractivity contribution is -0.150. The molecule has 62 heavy (non-hydrogen) atoms. The van der Waals surface area contributed by atoms with Crippen molar-refractivity contribution in [3.8, 4) is 0 Å². The number of allylic oxidation sites excluding steroid dienone is 2. The van der Waals surface area contributed by atoms with Gasteiger partial charge in [0, 0.05) is 19.4 Å². The third-order valence-corrected chi connectivity index (χ3v) is 12.7. The molecule has 0 bridgehead atoms. The van der Waals surface area contributed by atoms with Crippen molar-refractivity contribution in [3.63, 3.8) is 0 Å². The molecule has 1 aliphatic rings. The van der Waals surface area contributed by atoms with Crippen molar-refractivity contribution in [2.45, 2.75) is 283 Å². The monoisotopic (exact) mass is 875 g/mol. The summed E-state index contributed by atoms with van der Waals surface area (Å²) >= 11 is 0. The average Bonchev–Trinajstić information content (AvgIpc) is 3.25. The Hall–Kier alpha value is -2.09. The van der Waals surface area contributed by atoms with Gasteiger partial charge in [0.05, 0.1) is 6.61 Å². The molecule has 1 atom stereocenters. The topological polar surface area (TPSA) is 94.2 Å². The van der Waals surface area contributed by atoms with E-state index in [0.717, 1.165) is 135 Å². The molecular formula is C54H102N2O6. The predicted molar refractivity (Wildman–Crippen MR) is 262 cm³/mol. The van der Waals surface area contributed by atoms with Gasteiger partial charge in [0.25, 0.3) is 0 Å². The normalized spacial score (nSPS) is 14.8. The maximum atomic E-state index is 12.9. The van der Waals surface area contributed by atoms with Crippen molar-refractivity contribution < 1.29 is 28.6 Å². The van der Waals surface area contributed by atoms with Crippen molar-refractivity contribution in [1.82, 2.24) is 10.2 Å². The van der Waals surface area contributed by atoms with E-state index >= 15 is 0 Å². The van der Waals surface area contributed by atoms with Crippen LogP contribution in [0.15, 0.2) is 12.2 Å².